The van der Waals surface area contributed by atoms with Gasteiger partial charge in [0.1, 0.15) is 6.04 Å². The van der Waals surface area contributed by atoms with Gasteiger partial charge >= 0.3 is 5.97 Å². The van der Waals surface area contributed by atoms with E-state index in [9.17, 15) is 14.4 Å². The third-order valence-electron chi connectivity index (χ3n) is 3.91. The van der Waals surface area contributed by atoms with Crippen LogP contribution in [0.15, 0.2) is 0 Å². The number of nitrogens with zero attached hydrogens (tertiary/aromatic N) is 2. The zero-order valence-electron chi connectivity index (χ0n) is 11.7. The molecule has 0 aromatic heterocycles. The highest BCUT2D eigenvalue weighted by atomic mass is 16.4. The molecule has 7 heteroatoms. The summed E-state index contributed by atoms with van der Waals surface area (Å²) in [5.74, 6) is -0.850. The molecule has 0 aliphatic carbocycles. The fourth-order valence-electron chi connectivity index (χ4n) is 2.79. The van der Waals surface area contributed by atoms with Crippen molar-refractivity contribution in [1.82, 2.24) is 15.1 Å². The van der Waals surface area contributed by atoms with Crippen LogP contribution in [0.5, 0.6) is 0 Å². The lowest BCUT2D eigenvalue weighted by Crippen LogP contribution is -2.59. The normalized spacial score (nSPS) is 28.1. The van der Waals surface area contributed by atoms with E-state index in [0.717, 1.165) is 25.9 Å². The molecule has 2 rings (SSSR count). The highest BCUT2D eigenvalue weighted by Gasteiger charge is 2.34. The molecule has 0 bridgehead atoms. The summed E-state index contributed by atoms with van der Waals surface area (Å²) < 4.78 is 0. The first-order valence-electron chi connectivity index (χ1n) is 6.98. The monoisotopic (exact) mass is 283 g/mol. The van der Waals surface area contributed by atoms with Crippen molar-refractivity contribution in [2.24, 2.45) is 5.92 Å². The van der Waals surface area contributed by atoms with Gasteiger partial charge in [-0.25, -0.2) is 0 Å². The highest BCUT2D eigenvalue weighted by molar-refractivity contribution is 5.85. The number of carboxylic acid groups (broad SMARTS) is 1. The molecule has 0 spiro atoms. The molecule has 2 fully saturated rings. The van der Waals surface area contributed by atoms with Crippen molar-refractivity contribution < 1.29 is 19.5 Å². The van der Waals surface area contributed by atoms with Gasteiger partial charge in [0.2, 0.25) is 11.8 Å². The number of likely N-dealkylation sites (tertiary alicyclic amines) is 1. The lowest BCUT2D eigenvalue weighted by molar-refractivity contribution is -0.148. The number of rotatable bonds is 3. The van der Waals surface area contributed by atoms with E-state index in [1.54, 1.807) is 4.90 Å². The van der Waals surface area contributed by atoms with Crippen LogP contribution in [0, 0.1) is 5.92 Å². The summed E-state index contributed by atoms with van der Waals surface area (Å²) >= 11 is 0. The van der Waals surface area contributed by atoms with Gasteiger partial charge in [0.05, 0.1) is 13.1 Å². The minimum absolute atomic E-state index is 0.00287. The first kappa shape index (κ1) is 14.8. The Kier molecular flexibility index (Phi) is 4.59. The number of carboxylic acids is 1. The summed E-state index contributed by atoms with van der Waals surface area (Å²) in [6.07, 6.45) is 2.10. The number of piperidine rings is 1. The van der Waals surface area contributed by atoms with Crippen molar-refractivity contribution in [1.29, 1.82) is 0 Å². The first-order chi connectivity index (χ1) is 9.47. The first-order valence-corrected chi connectivity index (χ1v) is 6.98. The highest BCUT2D eigenvalue weighted by Crippen LogP contribution is 2.16. The second-order valence-corrected chi connectivity index (χ2v) is 5.65. The van der Waals surface area contributed by atoms with Crippen molar-refractivity contribution in [2.75, 3.05) is 32.7 Å². The van der Waals surface area contributed by atoms with Crippen LogP contribution in [0.1, 0.15) is 19.8 Å². The average molecular weight is 283 g/mol. The molecule has 0 aromatic rings. The van der Waals surface area contributed by atoms with Gasteiger partial charge in [0, 0.05) is 19.6 Å². The standard InChI is InChI=1S/C13H21N3O4/c1-9-3-2-4-15(6-9)12(18)8-16-7-11(17)14-5-10(16)13(19)20/h9-10H,2-8H2,1H3,(H,14,17)(H,19,20). The van der Waals surface area contributed by atoms with E-state index in [0.29, 0.717) is 5.92 Å². The topological polar surface area (TPSA) is 90.0 Å². The molecule has 2 N–H and O–H groups in total. The zero-order valence-corrected chi connectivity index (χ0v) is 11.7. The van der Waals surface area contributed by atoms with E-state index >= 15 is 0 Å². The molecule has 0 aromatic carbocycles. The fourth-order valence-corrected chi connectivity index (χ4v) is 2.79. The van der Waals surface area contributed by atoms with Crippen LogP contribution in [0.3, 0.4) is 0 Å². The predicted octanol–water partition coefficient (Wildman–Crippen LogP) is -0.870. The average Bonchev–Trinajstić information content (AvgIpc) is 2.38. The molecule has 2 unspecified atom stereocenters. The van der Waals surface area contributed by atoms with E-state index in [-0.39, 0.29) is 31.4 Å². The van der Waals surface area contributed by atoms with Crippen molar-refractivity contribution in [3.05, 3.63) is 0 Å². The minimum atomic E-state index is -1.01. The van der Waals surface area contributed by atoms with Crippen molar-refractivity contribution in [3.8, 4) is 0 Å². The number of nitrogens with one attached hydrogen (secondary N) is 1. The number of carbonyl (C=O) groups is 3. The zero-order chi connectivity index (χ0) is 14.7. The third kappa shape index (κ3) is 3.47. The number of hydrogen-bond acceptors (Lipinski definition) is 4. The number of carbonyl (C=O) groups excluding carboxylic acids is 2. The summed E-state index contributed by atoms with van der Waals surface area (Å²) in [4.78, 5) is 38.0. The van der Waals surface area contributed by atoms with Crippen LogP contribution in [-0.2, 0) is 14.4 Å². The second-order valence-electron chi connectivity index (χ2n) is 5.65. The molecule has 7 nitrogen and oxygen atoms in total. The maximum absolute atomic E-state index is 12.2. The Labute approximate surface area is 117 Å². The Hall–Kier alpha value is -1.63. The molecular weight excluding hydrogens is 262 g/mol. The SMILES string of the molecule is CC1CCCN(C(=O)CN2CC(=O)NCC2C(=O)O)C1. The summed E-state index contributed by atoms with van der Waals surface area (Å²) in [5, 5.41) is 11.7. The van der Waals surface area contributed by atoms with Crippen molar-refractivity contribution in [2.45, 2.75) is 25.8 Å². The van der Waals surface area contributed by atoms with Gasteiger partial charge in [0.15, 0.2) is 0 Å². The lowest BCUT2D eigenvalue weighted by Gasteiger charge is -2.36. The van der Waals surface area contributed by atoms with Crippen LogP contribution < -0.4 is 5.32 Å². The number of amides is 2. The molecule has 0 saturated carbocycles. The molecule has 20 heavy (non-hydrogen) atoms. The van der Waals surface area contributed by atoms with Gasteiger partial charge in [-0.15, -0.1) is 0 Å². The summed E-state index contributed by atoms with van der Waals surface area (Å²) in [6.45, 7) is 3.56. The fraction of sp³-hybridized carbons (Fsp3) is 0.769. The second kappa shape index (κ2) is 6.21. The number of piperazine rings is 1. The van der Waals surface area contributed by atoms with Crippen molar-refractivity contribution >= 4 is 17.8 Å². The number of aliphatic carboxylic acids is 1. The maximum Gasteiger partial charge on any atom is 0.322 e. The molecule has 2 saturated heterocycles. The molecule has 2 aliphatic heterocycles. The van der Waals surface area contributed by atoms with E-state index < -0.39 is 12.0 Å². The van der Waals surface area contributed by atoms with Gasteiger partial charge in [0.25, 0.3) is 0 Å². The molecule has 2 amide bonds. The molecule has 0 radical (unpaired) electrons. The predicted molar refractivity (Wildman–Crippen MR) is 71.0 cm³/mol. The maximum atomic E-state index is 12.2. The third-order valence-corrected chi connectivity index (χ3v) is 3.91. The Morgan fingerprint density at radius 2 is 2.20 bits per heavy atom. The smallest absolute Gasteiger partial charge is 0.322 e. The molecule has 112 valence electrons. The van der Waals surface area contributed by atoms with Crippen LogP contribution in [0.2, 0.25) is 0 Å². The van der Waals surface area contributed by atoms with Crippen LogP contribution in [-0.4, -0.2) is 71.5 Å². The Morgan fingerprint density at radius 1 is 1.45 bits per heavy atom. The molecule has 2 heterocycles. The van der Waals surface area contributed by atoms with E-state index in [1.165, 1.54) is 4.90 Å². The van der Waals surface area contributed by atoms with E-state index in [1.807, 2.05) is 0 Å². The molecular formula is C13H21N3O4. The van der Waals surface area contributed by atoms with Gasteiger partial charge in [-0.05, 0) is 18.8 Å². The largest absolute Gasteiger partial charge is 0.480 e. The van der Waals surface area contributed by atoms with Gasteiger partial charge in [-0.1, -0.05) is 6.92 Å². The Balaban J connectivity index is 1.96. The molecule has 2 aliphatic rings. The van der Waals surface area contributed by atoms with Crippen LogP contribution >= 0.6 is 0 Å². The van der Waals surface area contributed by atoms with Crippen molar-refractivity contribution in [3.63, 3.8) is 0 Å². The minimum Gasteiger partial charge on any atom is -0.480 e. The summed E-state index contributed by atoms with van der Waals surface area (Å²) in [5.41, 5.74) is 0. The van der Waals surface area contributed by atoms with Crippen LogP contribution in [0.4, 0.5) is 0 Å². The number of hydrogen-bond donors (Lipinski definition) is 2. The van der Waals surface area contributed by atoms with E-state index in [2.05, 4.69) is 12.2 Å². The summed E-state index contributed by atoms with van der Waals surface area (Å²) in [7, 11) is 0. The van der Waals surface area contributed by atoms with Crippen LogP contribution in [0.25, 0.3) is 0 Å². The van der Waals surface area contributed by atoms with Gasteiger partial charge < -0.3 is 15.3 Å². The lowest BCUT2D eigenvalue weighted by atomic mass is 10.0. The molecule has 2 atom stereocenters. The summed E-state index contributed by atoms with van der Waals surface area (Å²) in [6, 6.07) is -0.820. The Morgan fingerprint density at radius 3 is 2.85 bits per heavy atom. The Bertz CT molecular complexity index is 412. The van der Waals surface area contributed by atoms with Gasteiger partial charge in [-0.2, -0.15) is 0 Å². The van der Waals surface area contributed by atoms with Gasteiger partial charge in [-0.3, -0.25) is 19.3 Å². The van der Waals surface area contributed by atoms with E-state index in [4.69, 9.17) is 5.11 Å². The quantitative estimate of drug-likeness (QED) is 0.703.